The van der Waals surface area contributed by atoms with Crippen LogP contribution in [0.25, 0.3) is 11.3 Å². The molecule has 1 saturated heterocycles. The van der Waals surface area contributed by atoms with E-state index in [1.165, 1.54) is 0 Å². The third kappa shape index (κ3) is 2.91. The molecule has 0 radical (unpaired) electrons. The number of likely N-dealkylation sites (tertiary alicyclic amines) is 1. The lowest BCUT2D eigenvalue weighted by Crippen LogP contribution is -2.48. The number of H-pyrrole nitrogens is 1. The number of amides is 1. The summed E-state index contributed by atoms with van der Waals surface area (Å²) in [5.41, 5.74) is 9.38. The number of hydrogen-bond acceptors (Lipinski definition) is 6. The molecule has 1 aliphatic heterocycles. The van der Waals surface area contributed by atoms with Crippen molar-refractivity contribution in [2.24, 2.45) is 0 Å². The molecular formula is C21H22N6O2. The van der Waals surface area contributed by atoms with E-state index < -0.39 is 0 Å². The van der Waals surface area contributed by atoms with E-state index in [1.807, 2.05) is 17.2 Å². The zero-order valence-electron chi connectivity index (χ0n) is 15.9. The summed E-state index contributed by atoms with van der Waals surface area (Å²) in [5.74, 6) is 0.331. The van der Waals surface area contributed by atoms with Crippen LogP contribution in [0.5, 0.6) is 5.75 Å². The second-order valence-electron chi connectivity index (χ2n) is 7.90. The van der Waals surface area contributed by atoms with Gasteiger partial charge in [-0.2, -0.15) is 5.10 Å². The maximum atomic E-state index is 13.2. The Morgan fingerprint density at radius 2 is 2.14 bits per heavy atom. The van der Waals surface area contributed by atoms with Gasteiger partial charge in [0.1, 0.15) is 11.4 Å². The van der Waals surface area contributed by atoms with E-state index in [0.717, 1.165) is 36.9 Å². The highest BCUT2D eigenvalue weighted by Crippen LogP contribution is 2.44. The van der Waals surface area contributed by atoms with E-state index in [1.54, 1.807) is 24.3 Å². The zero-order valence-corrected chi connectivity index (χ0v) is 15.9. The molecule has 8 nitrogen and oxygen atoms in total. The molecule has 148 valence electrons. The van der Waals surface area contributed by atoms with Crippen molar-refractivity contribution in [1.82, 2.24) is 25.1 Å². The number of nitrogens with two attached hydrogens (primary N) is 1. The molecule has 2 aromatic heterocycles. The molecule has 8 heteroatoms. The molecule has 0 bridgehead atoms. The Labute approximate surface area is 167 Å². The fraction of sp³-hybridized carbons (Fsp3) is 0.333. The minimum atomic E-state index is -0.152. The highest BCUT2D eigenvalue weighted by atomic mass is 16.3. The number of aryl methyl sites for hydroxylation is 1. The van der Waals surface area contributed by atoms with Crippen LogP contribution in [0.2, 0.25) is 0 Å². The van der Waals surface area contributed by atoms with Gasteiger partial charge in [-0.1, -0.05) is 12.1 Å². The number of benzene rings is 1. The van der Waals surface area contributed by atoms with Crippen LogP contribution in [-0.4, -0.2) is 49.2 Å². The number of phenolic OH excluding ortho intramolecular Hbond substituents is 1. The van der Waals surface area contributed by atoms with Crippen molar-refractivity contribution in [3.05, 3.63) is 53.5 Å². The van der Waals surface area contributed by atoms with Gasteiger partial charge in [0.05, 0.1) is 11.4 Å². The predicted octanol–water partition coefficient (Wildman–Crippen LogP) is 2.27. The molecule has 1 aromatic carbocycles. The average Bonchev–Trinajstić information content (AvgIpc) is 3.34. The van der Waals surface area contributed by atoms with Gasteiger partial charge < -0.3 is 15.7 Å². The van der Waals surface area contributed by atoms with Gasteiger partial charge in [-0.15, -0.1) is 0 Å². The van der Waals surface area contributed by atoms with Crippen molar-refractivity contribution >= 4 is 11.9 Å². The molecule has 1 amide bonds. The Morgan fingerprint density at radius 3 is 3.00 bits per heavy atom. The maximum absolute atomic E-state index is 13.2. The lowest BCUT2D eigenvalue weighted by atomic mass is 9.77. The summed E-state index contributed by atoms with van der Waals surface area (Å²) in [6, 6.07) is 8.65. The van der Waals surface area contributed by atoms with Crippen LogP contribution in [0.4, 0.5) is 5.95 Å². The summed E-state index contributed by atoms with van der Waals surface area (Å²) < 4.78 is 0. The lowest BCUT2D eigenvalue weighted by molar-refractivity contribution is 0.0627. The lowest BCUT2D eigenvalue weighted by Gasteiger charge is -2.40. The van der Waals surface area contributed by atoms with Gasteiger partial charge in [-0.05, 0) is 49.4 Å². The molecule has 1 atom stereocenters. The van der Waals surface area contributed by atoms with E-state index in [0.29, 0.717) is 30.0 Å². The number of piperidine rings is 1. The Morgan fingerprint density at radius 1 is 1.28 bits per heavy atom. The van der Waals surface area contributed by atoms with E-state index in [-0.39, 0.29) is 23.0 Å². The summed E-state index contributed by atoms with van der Waals surface area (Å²) in [7, 11) is 0. The summed E-state index contributed by atoms with van der Waals surface area (Å²) in [4.78, 5) is 23.7. The third-order valence-corrected chi connectivity index (χ3v) is 6.11. The van der Waals surface area contributed by atoms with Crippen molar-refractivity contribution in [2.75, 3.05) is 18.8 Å². The normalized spacial score (nSPS) is 20.8. The first-order valence-corrected chi connectivity index (χ1v) is 9.81. The SMILES string of the molecule is Nc1ncc2c(n1)C1(CCCN(C(=O)c3cc(-c4ccccc4O)n[nH]3)C1)CC2. The summed E-state index contributed by atoms with van der Waals surface area (Å²) in [6.45, 7) is 1.31. The molecule has 2 aliphatic rings. The number of aromatic nitrogens is 4. The van der Waals surface area contributed by atoms with Crippen molar-refractivity contribution in [3.8, 4) is 17.0 Å². The number of rotatable bonds is 2. The van der Waals surface area contributed by atoms with Crippen molar-refractivity contribution in [3.63, 3.8) is 0 Å². The Hall–Kier alpha value is -3.42. The molecule has 3 heterocycles. The van der Waals surface area contributed by atoms with E-state index in [9.17, 15) is 9.90 Å². The number of aromatic hydroxyl groups is 1. The average molecular weight is 390 g/mol. The number of nitrogens with one attached hydrogen (secondary N) is 1. The fourth-order valence-corrected chi connectivity index (χ4v) is 4.69. The fourth-order valence-electron chi connectivity index (χ4n) is 4.69. The number of fused-ring (bicyclic) bond motifs is 2. The van der Waals surface area contributed by atoms with E-state index in [4.69, 9.17) is 5.73 Å². The topological polar surface area (TPSA) is 121 Å². The number of hydrogen-bond donors (Lipinski definition) is 3. The monoisotopic (exact) mass is 390 g/mol. The van der Waals surface area contributed by atoms with Gasteiger partial charge >= 0.3 is 0 Å². The van der Waals surface area contributed by atoms with Crippen molar-refractivity contribution in [2.45, 2.75) is 31.1 Å². The standard InChI is InChI=1S/C21H22N6O2/c22-20-23-11-13-6-8-21(18(13)24-20)7-3-9-27(12-21)19(29)16-10-15(25-26-16)14-4-1-2-5-17(14)28/h1-2,4-5,10-11,28H,3,6-9,12H2,(H,25,26)(H2,22,23,24). The third-order valence-electron chi connectivity index (χ3n) is 6.11. The molecule has 0 saturated carbocycles. The molecule has 1 spiro atoms. The van der Waals surface area contributed by atoms with Crippen LogP contribution in [0, 0.1) is 0 Å². The molecule has 29 heavy (non-hydrogen) atoms. The number of anilines is 1. The predicted molar refractivity (Wildman–Crippen MR) is 107 cm³/mol. The summed E-state index contributed by atoms with van der Waals surface area (Å²) in [6.07, 6.45) is 5.60. The second kappa shape index (κ2) is 6.58. The van der Waals surface area contributed by atoms with Gasteiger partial charge in [0.15, 0.2) is 0 Å². The van der Waals surface area contributed by atoms with Crippen LogP contribution in [0.1, 0.15) is 41.0 Å². The number of carbonyl (C=O) groups excluding carboxylic acids is 1. The van der Waals surface area contributed by atoms with Crippen molar-refractivity contribution in [1.29, 1.82) is 0 Å². The van der Waals surface area contributed by atoms with Gasteiger partial charge in [0.25, 0.3) is 5.91 Å². The molecule has 1 aliphatic carbocycles. The van der Waals surface area contributed by atoms with Crippen LogP contribution in [0.15, 0.2) is 36.5 Å². The molecule has 4 N–H and O–H groups in total. The number of carbonyl (C=O) groups is 1. The molecule has 1 unspecified atom stereocenters. The Kier molecular flexibility index (Phi) is 4.01. The zero-order chi connectivity index (χ0) is 20.0. The molecule has 5 rings (SSSR count). The summed E-state index contributed by atoms with van der Waals surface area (Å²) >= 11 is 0. The number of para-hydroxylation sites is 1. The van der Waals surface area contributed by atoms with E-state index >= 15 is 0 Å². The largest absolute Gasteiger partial charge is 0.507 e. The van der Waals surface area contributed by atoms with Crippen LogP contribution in [-0.2, 0) is 11.8 Å². The number of aromatic amines is 1. The van der Waals surface area contributed by atoms with Gasteiger partial charge in [0, 0.05) is 30.3 Å². The van der Waals surface area contributed by atoms with Gasteiger partial charge in [-0.3, -0.25) is 9.89 Å². The van der Waals surface area contributed by atoms with Gasteiger partial charge in [0.2, 0.25) is 5.95 Å². The van der Waals surface area contributed by atoms with Crippen LogP contribution < -0.4 is 5.73 Å². The maximum Gasteiger partial charge on any atom is 0.271 e. The van der Waals surface area contributed by atoms with Crippen LogP contribution >= 0.6 is 0 Å². The first kappa shape index (κ1) is 17.7. The minimum absolute atomic E-state index is 0.0891. The Bertz CT molecular complexity index is 1090. The quantitative estimate of drug-likeness (QED) is 0.617. The van der Waals surface area contributed by atoms with Crippen LogP contribution in [0.3, 0.4) is 0 Å². The molecule has 1 fully saturated rings. The highest BCUT2D eigenvalue weighted by Gasteiger charge is 2.45. The second-order valence-corrected chi connectivity index (χ2v) is 7.90. The highest BCUT2D eigenvalue weighted by molar-refractivity contribution is 5.93. The van der Waals surface area contributed by atoms with Crippen molar-refractivity contribution < 1.29 is 9.90 Å². The van der Waals surface area contributed by atoms with Gasteiger partial charge in [-0.25, -0.2) is 9.97 Å². The molecular weight excluding hydrogens is 368 g/mol. The minimum Gasteiger partial charge on any atom is -0.507 e. The first-order valence-electron chi connectivity index (χ1n) is 9.81. The number of nitrogens with zero attached hydrogens (tertiary/aromatic N) is 4. The Balaban J connectivity index is 1.41. The number of phenols is 1. The summed E-state index contributed by atoms with van der Waals surface area (Å²) in [5, 5.41) is 17.1. The molecule has 3 aromatic rings. The first-order chi connectivity index (χ1) is 14.1. The smallest absolute Gasteiger partial charge is 0.271 e. The van der Waals surface area contributed by atoms with E-state index in [2.05, 4.69) is 20.2 Å². The number of nitrogen functional groups attached to an aromatic ring is 1.